The molecule has 0 amide bonds. The zero-order valence-electron chi connectivity index (χ0n) is 16.9. The molecule has 0 saturated carbocycles. The molecule has 0 rings (SSSR count). The lowest BCUT2D eigenvalue weighted by Gasteiger charge is -2.29. The van der Waals surface area contributed by atoms with Crippen molar-refractivity contribution in [3.63, 3.8) is 0 Å². The summed E-state index contributed by atoms with van der Waals surface area (Å²) in [6.45, 7) is 7.85. The third-order valence-corrected chi connectivity index (χ3v) is 6.82. The maximum absolute atomic E-state index is 11.4. The van der Waals surface area contributed by atoms with Crippen molar-refractivity contribution in [3.8, 4) is 0 Å². The highest BCUT2D eigenvalue weighted by Gasteiger charge is 2.17. The molecule has 0 saturated heterocycles. The van der Waals surface area contributed by atoms with Gasteiger partial charge >= 0.3 is 5.97 Å². The Kier molecular flexibility index (Phi) is 15.6. The monoisotopic (exact) mass is 445 g/mol. The molecule has 0 aliphatic carbocycles. The Hall–Kier alpha value is -0.150. The van der Waals surface area contributed by atoms with Gasteiger partial charge < -0.3 is 35.3 Å². The fourth-order valence-electron chi connectivity index (χ4n) is 2.47. The van der Waals surface area contributed by atoms with Crippen LogP contribution in [0.15, 0.2) is 0 Å². The van der Waals surface area contributed by atoms with Crippen LogP contribution in [0.1, 0.15) is 20.3 Å². The molecule has 0 heterocycles. The Labute approximate surface area is 168 Å². The summed E-state index contributed by atoms with van der Waals surface area (Å²) in [5, 5.41) is 29.7. The Morgan fingerprint density at radius 2 is 1.86 bits per heavy atom. The molecule has 0 spiro atoms. The van der Waals surface area contributed by atoms with Gasteiger partial charge in [0.05, 0.1) is 12.7 Å². The minimum Gasteiger partial charge on any atom is -0.481 e. The lowest BCUT2D eigenvalue weighted by molar-refractivity contribution is -0.136. The van der Waals surface area contributed by atoms with Crippen LogP contribution < -0.4 is 5.32 Å². The van der Waals surface area contributed by atoms with Gasteiger partial charge in [0, 0.05) is 59.9 Å². The molecule has 0 radical (unpaired) electrons. The molecule has 0 aromatic heterocycles. The Morgan fingerprint density at radius 1 is 1.21 bits per heavy atom. The van der Waals surface area contributed by atoms with Gasteiger partial charge in [0.25, 0.3) is 0 Å². The number of nitrogens with one attached hydrogen (secondary N) is 1. The summed E-state index contributed by atoms with van der Waals surface area (Å²) in [5.74, 6) is -0.822. The first-order valence-corrected chi connectivity index (χ1v) is 13.2. The molecule has 12 heteroatoms. The van der Waals surface area contributed by atoms with Gasteiger partial charge in [-0.15, -0.1) is 0 Å². The average molecular weight is 445 g/mol. The molecule has 0 aromatic carbocycles. The largest absolute Gasteiger partial charge is 0.481 e. The highest BCUT2D eigenvalue weighted by molar-refractivity contribution is 7.57. The normalized spacial score (nSPS) is 16.3. The fourth-order valence-corrected chi connectivity index (χ4v) is 4.47. The number of carbonyl (C=O) groups is 1. The third kappa shape index (κ3) is 14.8. The van der Waals surface area contributed by atoms with Gasteiger partial charge in [-0.05, 0) is 12.5 Å². The second kappa shape index (κ2) is 15.7. The molecule has 0 aromatic rings. The number of aliphatic carboxylic acids is 1. The van der Waals surface area contributed by atoms with E-state index in [1.54, 1.807) is 0 Å². The molecule has 168 valence electrons. The molecule has 0 aliphatic heterocycles. The van der Waals surface area contributed by atoms with Gasteiger partial charge in [-0.25, -0.2) is 0 Å². The number of likely N-dealkylation sites (N-methyl/N-ethyl adjacent to an activating group) is 1. The summed E-state index contributed by atoms with van der Waals surface area (Å²) >= 11 is 0. The third-order valence-electron chi connectivity index (χ3n) is 4.19. The molecule has 0 fully saturated rings. The molecule has 10 nitrogen and oxygen atoms in total. The first kappa shape index (κ1) is 27.8. The maximum Gasteiger partial charge on any atom is 0.303 e. The summed E-state index contributed by atoms with van der Waals surface area (Å²) in [5.41, 5.74) is 0. The van der Waals surface area contributed by atoms with E-state index in [4.69, 9.17) is 10.2 Å². The summed E-state index contributed by atoms with van der Waals surface area (Å²) in [4.78, 5) is 34.3. The smallest absolute Gasteiger partial charge is 0.303 e. The number of carboxylic acids is 1. The molecular weight excluding hydrogens is 408 g/mol. The van der Waals surface area contributed by atoms with Gasteiger partial charge in [-0.1, -0.05) is 13.8 Å². The van der Waals surface area contributed by atoms with Crippen molar-refractivity contribution < 1.29 is 34.5 Å². The van der Waals surface area contributed by atoms with Crippen LogP contribution in [-0.4, -0.2) is 112 Å². The quantitative estimate of drug-likeness (QED) is 0.124. The molecule has 3 atom stereocenters. The van der Waals surface area contributed by atoms with Gasteiger partial charge in [0.15, 0.2) is 0 Å². The van der Waals surface area contributed by atoms with Crippen molar-refractivity contribution in [1.29, 1.82) is 0 Å². The summed E-state index contributed by atoms with van der Waals surface area (Å²) < 4.78 is 11.4. The van der Waals surface area contributed by atoms with E-state index in [9.17, 15) is 24.3 Å². The lowest BCUT2D eigenvalue weighted by atomic mass is 10.2. The van der Waals surface area contributed by atoms with Crippen LogP contribution in [-0.2, 0) is 9.36 Å². The summed E-state index contributed by atoms with van der Waals surface area (Å²) in [6.07, 6.45) is -0.184. The second-order valence-corrected chi connectivity index (χ2v) is 11.0. The standard InChI is InChI=1S/C16H37N3O7P2/c1-3-18(13-27(24)9-4-16(22)23)7-8-19(10-15(2)11-20)6-5-17-12-28(25,26)14-21/h15,17,20-21,24H,3-14H2,1-2H3,(H,22,23)(H,25,26). The van der Waals surface area contributed by atoms with Crippen molar-refractivity contribution in [1.82, 2.24) is 15.1 Å². The van der Waals surface area contributed by atoms with Crippen LogP contribution in [0, 0.1) is 5.92 Å². The van der Waals surface area contributed by atoms with Crippen LogP contribution >= 0.6 is 15.5 Å². The van der Waals surface area contributed by atoms with Crippen molar-refractivity contribution in [3.05, 3.63) is 0 Å². The predicted molar refractivity (Wildman–Crippen MR) is 111 cm³/mol. The number of aliphatic hydroxyl groups is 2. The molecule has 0 bridgehead atoms. The summed E-state index contributed by atoms with van der Waals surface area (Å²) in [6, 6.07) is 0. The molecule has 3 unspecified atom stereocenters. The van der Waals surface area contributed by atoms with Gasteiger partial charge in [0.1, 0.15) is 6.35 Å². The van der Waals surface area contributed by atoms with Crippen LogP contribution in [0.25, 0.3) is 0 Å². The SMILES string of the molecule is CCN(CCN(CCNCP(=O)(O)CO)CC(C)CO)CP(O)CCC(=O)O. The van der Waals surface area contributed by atoms with Crippen molar-refractivity contribution in [2.24, 2.45) is 5.92 Å². The summed E-state index contributed by atoms with van der Waals surface area (Å²) in [7, 11) is -4.87. The highest BCUT2D eigenvalue weighted by Crippen LogP contribution is 2.36. The van der Waals surface area contributed by atoms with Crippen molar-refractivity contribution >= 4 is 21.5 Å². The number of nitrogens with zero attached hydrogens (tertiary/aromatic N) is 2. The first-order valence-electron chi connectivity index (χ1n) is 9.47. The molecular formula is C16H37N3O7P2. The van der Waals surface area contributed by atoms with Gasteiger partial charge in [-0.3, -0.25) is 14.3 Å². The van der Waals surface area contributed by atoms with E-state index in [0.717, 1.165) is 6.54 Å². The second-order valence-electron chi connectivity index (χ2n) is 6.96. The van der Waals surface area contributed by atoms with Crippen LogP contribution in [0.4, 0.5) is 0 Å². The molecule has 28 heavy (non-hydrogen) atoms. The zero-order valence-corrected chi connectivity index (χ0v) is 18.7. The molecule has 0 aliphatic rings. The topological polar surface area (TPSA) is 154 Å². The number of hydrogen-bond donors (Lipinski definition) is 6. The van der Waals surface area contributed by atoms with E-state index in [0.29, 0.717) is 39.0 Å². The average Bonchev–Trinajstić information content (AvgIpc) is 2.65. The predicted octanol–water partition coefficient (Wildman–Crippen LogP) is -0.173. The molecule has 6 N–H and O–H groups in total. The van der Waals surface area contributed by atoms with Gasteiger partial charge in [-0.2, -0.15) is 0 Å². The fraction of sp³-hybridized carbons (Fsp3) is 0.938. The van der Waals surface area contributed by atoms with E-state index in [2.05, 4.69) is 15.1 Å². The zero-order chi connectivity index (χ0) is 21.6. The Bertz CT molecular complexity index is 474. The lowest BCUT2D eigenvalue weighted by Crippen LogP contribution is -2.41. The number of carboxylic acid groups (broad SMARTS) is 1. The first-order chi connectivity index (χ1) is 13.1. The Balaban J connectivity index is 4.46. The van der Waals surface area contributed by atoms with Crippen LogP contribution in [0.2, 0.25) is 0 Å². The highest BCUT2D eigenvalue weighted by atomic mass is 31.2. The number of rotatable bonds is 18. The van der Waals surface area contributed by atoms with E-state index in [1.165, 1.54) is 0 Å². The Morgan fingerprint density at radius 3 is 2.39 bits per heavy atom. The van der Waals surface area contributed by atoms with Crippen LogP contribution in [0.5, 0.6) is 0 Å². The van der Waals surface area contributed by atoms with Crippen molar-refractivity contribution in [2.45, 2.75) is 20.3 Å². The number of hydrogen-bond acceptors (Lipinski definition) is 8. The van der Waals surface area contributed by atoms with Gasteiger partial charge in [0.2, 0.25) is 7.37 Å². The minimum absolute atomic E-state index is 0.0336. The maximum atomic E-state index is 11.4. The van der Waals surface area contributed by atoms with E-state index in [1.807, 2.05) is 13.8 Å². The van der Waals surface area contributed by atoms with E-state index < -0.39 is 27.8 Å². The van der Waals surface area contributed by atoms with Crippen LogP contribution in [0.3, 0.4) is 0 Å². The number of aliphatic hydroxyl groups excluding tert-OH is 2. The van der Waals surface area contributed by atoms with E-state index >= 15 is 0 Å². The van der Waals surface area contributed by atoms with E-state index in [-0.39, 0.29) is 31.4 Å². The minimum atomic E-state index is -3.52. The van der Waals surface area contributed by atoms with Crippen molar-refractivity contribution in [2.75, 3.05) is 71.0 Å².